The molecule has 3 aliphatic heterocycles. The molecule has 2 aromatic rings. The van der Waals surface area contributed by atoms with Crippen LogP contribution in [0.3, 0.4) is 0 Å². The van der Waals surface area contributed by atoms with Gasteiger partial charge in [0.2, 0.25) is 5.78 Å². The van der Waals surface area contributed by atoms with E-state index < -0.39 is 108 Å². The van der Waals surface area contributed by atoms with Crippen molar-refractivity contribution in [2.75, 3.05) is 21.2 Å². The summed E-state index contributed by atoms with van der Waals surface area (Å²) in [5.41, 5.74) is -2.56. The van der Waals surface area contributed by atoms with Gasteiger partial charge in [0.05, 0.1) is 60.5 Å². The average Bonchev–Trinajstić information content (AvgIpc) is 3.13. The number of aliphatic hydroxyl groups excluding tert-OH is 2. The maximum atomic E-state index is 13.9. The lowest BCUT2D eigenvalue weighted by Gasteiger charge is -2.48. The van der Waals surface area contributed by atoms with Gasteiger partial charge in [-0.3, -0.25) is 14.4 Å². The maximum absolute atomic E-state index is 13.9. The molecule has 57 heavy (non-hydrogen) atoms. The molecule has 14 atom stereocenters. The Morgan fingerprint density at radius 2 is 1.47 bits per heavy atom. The summed E-state index contributed by atoms with van der Waals surface area (Å²) >= 11 is 0. The Kier molecular flexibility index (Phi) is 11.6. The summed E-state index contributed by atoms with van der Waals surface area (Å²) in [5.74, 6) is -4.63. The lowest BCUT2D eigenvalue weighted by Crippen LogP contribution is -2.58. The van der Waals surface area contributed by atoms with Crippen LogP contribution < -0.4 is 0 Å². The number of likely N-dealkylation sites (N-methyl/N-ethyl adjacent to an activating group) is 1. The molecular formula is C41H53NO15. The fourth-order valence-corrected chi connectivity index (χ4v) is 9.16. The third kappa shape index (κ3) is 7.61. The quantitative estimate of drug-likeness (QED) is 0.207. The molecule has 0 saturated carbocycles. The number of ether oxygens (including phenoxy) is 7. The van der Waals surface area contributed by atoms with Crippen LogP contribution in [0.4, 0.5) is 0 Å². The molecule has 5 aliphatic rings. The van der Waals surface area contributed by atoms with Crippen LogP contribution in [0.1, 0.15) is 115 Å². The average molecular weight is 800 g/mol. The predicted octanol–water partition coefficient (Wildman–Crippen LogP) is 2.56. The highest BCUT2D eigenvalue weighted by atomic mass is 16.7. The highest BCUT2D eigenvalue weighted by molar-refractivity contribution is 6.30. The molecule has 16 nitrogen and oxygen atoms in total. The van der Waals surface area contributed by atoms with E-state index in [1.807, 2.05) is 25.9 Å². The summed E-state index contributed by atoms with van der Waals surface area (Å²) in [6.07, 6.45) is -6.61. The summed E-state index contributed by atoms with van der Waals surface area (Å²) < 4.78 is 42.6. The van der Waals surface area contributed by atoms with Crippen LogP contribution in [0.25, 0.3) is 0 Å². The number of phenolic OH excluding ortho intramolecular Hbond substituents is 2. The lowest BCUT2D eigenvalue weighted by molar-refractivity contribution is -0.328. The molecule has 2 aliphatic carbocycles. The Morgan fingerprint density at radius 3 is 2.12 bits per heavy atom. The third-order valence-corrected chi connectivity index (χ3v) is 12.1. The van der Waals surface area contributed by atoms with Crippen LogP contribution in [0.2, 0.25) is 0 Å². The van der Waals surface area contributed by atoms with Crippen LogP contribution >= 0.6 is 0 Å². The Labute approximate surface area is 330 Å². The van der Waals surface area contributed by atoms with Crippen molar-refractivity contribution in [3.8, 4) is 11.5 Å². The van der Waals surface area contributed by atoms with E-state index in [-0.39, 0.29) is 58.7 Å². The van der Waals surface area contributed by atoms with Gasteiger partial charge >= 0.3 is 5.97 Å². The molecule has 0 aromatic heterocycles. The van der Waals surface area contributed by atoms with Crippen molar-refractivity contribution < 1.29 is 73.1 Å². The second-order valence-electron chi connectivity index (χ2n) is 16.4. The maximum Gasteiger partial charge on any atom is 0.316 e. The lowest BCUT2D eigenvalue weighted by atomic mass is 9.68. The zero-order chi connectivity index (χ0) is 41.2. The summed E-state index contributed by atoms with van der Waals surface area (Å²) in [6.45, 7) is 6.81. The van der Waals surface area contributed by atoms with E-state index in [0.29, 0.717) is 12.8 Å². The van der Waals surface area contributed by atoms with Crippen LogP contribution in [0.15, 0.2) is 24.3 Å². The van der Waals surface area contributed by atoms with Crippen molar-refractivity contribution in [1.29, 1.82) is 0 Å². The molecule has 5 N–H and O–H groups in total. The van der Waals surface area contributed by atoms with Gasteiger partial charge in [-0.2, -0.15) is 0 Å². The summed E-state index contributed by atoms with van der Waals surface area (Å²) in [5, 5.41) is 55.5. The number of fused-ring (bicyclic) bond motifs is 3. The van der Waals surface area contributed by atoms with Gasteiger partial charge < -0.3 is 63.6 Å². The molecule has 0 radical (unpaired) electrons. The monoisotopic (exact) mass is 799 g/mol. The Hall–Kier alpha value is -3.55. The number of rotatable bonds is 8. The molecule has 7 rings (SSSR count). The molecule has 3 fully saturated rings. The molecule has 3 heterocycles. The number of nitrogens with zero attached hydrogens (tertiary/aromatic N) is 1. The van der Waals surface area contributed by atoms with Crippen LogP contribution in [-0.2, 0) is 38.0 Å². The molecule has 0 bridgehead atoms. The van der Waals surface area contributed by atoms with E-state index >= 15 is 0 Å². The second kappa shape index (κ2) is 15.9. The number of esters is 1. The molecule has 3 saturated heterocycles. The van der Waals surface area contributed by atoms with Crippen molar-refractivity contribution in [2.24, 2.45) is 0 Å². The highest BCUT2D eigenvalue weighted by Crippen LogP contribution is 2.53. The SMILES string of the molecule is COC(=O)[C@H]1c2cc3c(c(O)c2[C@H](O[C@H]2C[C@@H](N(C)C)[C@H](O[C@H]4C[C@@H](O)[C@@H](O[C@@H]5CC[C@@H](O)[C@@H](C)O5)[C@@H](C)O4)[C@@H](C)O2)C[C@]1(C)O)C(=O)c1c(O)cccc1C3=O. The van der Waals surface area contributed by atoms with Crippen molar-refractivity contribution in [1.82, 2.24) is 4.90 Å². The highest BCUT2D eigenvalue weighted by Gasteiger charge is 2.52. The van der Waals surface area contributed by atoms with E-state index in [1.165, 1.54) is 31.2 Å². The first kappa shape index (κ1) is 41.6. The fraction of sp³-hybridized carbons (Fsp3) is 0.634. The van der Waals surface area contributed by atoms with Crippen molar-refractivity contribution in [3.05, 3.63) is 57.6 Å². The van der Waals surface area contributed by atoms with E-state index in [9.17, 15) is 39.9 Å². The number of ketones is 2. The first-order valence-corrected chi connectivity index (χ1v) is 19.5. The topological polar surface area (TPSA) is 220 Å². The van der Waals surface area contributed by atoms with Gasteiger partial charge in [0.1, 0.15) is 29.6 Å². The van der Waals surface area contributed by atoms with Gasteiger partial charge in [0, 0.05) is 48.4 Å². The van der Waals surface area contributed by atoms with Crippen molar-refractivity contribution >= 4 is 17.5 Å². The molecule has 0 amide bonds. The normalized spacial score (nSPS) is 38.0. The summed E-state index contributed by atoms with van der Waals surface area (Å²) in [6, 6.07) is 5.09. The predicted molar refractivity (Wildman–Crippen MR) is 198 cm³/mol. The number of carbonyl (C=O) groups is 3. The van der Waals surface area contributed by atoms with Crippen LogP contribution in [-0.4, -0.2) is 142 Å². The first-order chi connectivity index (χ1) is 26.9. The number of methoxy groups -OCH3 is 1. The Bertz CT molecular complexity index is 1870. The van der Waals surface area contributed by atoms with E-state index in [0.717, 1.165) is 7.11 Å². The van der Waals surface area contributed by atoms with Crippen molar-refractivity contribution in [2.45, 2.75) is 145 Å². The number of hydrogen-bond acceptors (Lipinski definition) is 16. The summed E-state index contributed by atoms with van der Waals surface area (Å²) in [4.78, 5) is 42.8. The van der Waals surface area contributed by atoms with Gasteiger partial charge in [-0.15, -0.1) is 0 Å². The number of benzene rings is 2. The zero-order valence-corrected chi connectivity index (χ0v) is 33.1. The minimum absolute atomic E-state index is 0.0198. The number of phenols is 2. The molecular weight excluding hydrogens is 746 g/mol. The van der Waals surface area contributed by atoms with Gasteiger partial charge in [0.25, 0.3) is 0 Å². The number of carbonyl (C=O) groups excluding carboxylic acids is 3. The molecule has 0 spiro atoms. The van der Waals surface area contributed by atoms with Gasteiger partial charge in [0.15, 0.2) is 24.7 Å². The molecule has 2 aromatic carbocycles. The van der Waals surface area contributed by atoms with Gasteiger partial charge in [-0.05, 0) is 65.9 Å². The molecule has 312 valence electrons. The Balaban J connectivity index is 1.12. The second-order valence-corrected chi connectivity index (χ2v) is 16.4. The first-order valence-electron chi connectivity index (χ1n) is 19.5. The van der Waals surface area contributed by atoms with Crippen LogP contribution in [0.5, 0.6) is 11.5 Å². The smallest absolute Gasteiger partial charge is 0.316 e. The van der Waals surface area contributed by atoms with E-state index in [1.54, 1.807) is 13.8 Å². The molecule has 0 unspecified atom stereocenters. The number of hydrogen-bond donors (Lipinski definition) is 5. The van der Waals surface area contributed by atoms with E-state index in [2.05, 4.69) is 0 Å². The number of aliphatic hydroxyl groups is 3. The van der Waals surface area contributed by atoms with Crippen LogP contribution in [0, 0.1) is 0 Å². The Morgan fingerprint density at radius 1 is 0.825 bits per heavy atom. The minimum atomic E-state index is -1.80. The van der Waals surface area contributed by atoms with E-state index in [4.69, 9.17) is 33.2 Å². The zero-order valence-electron chi connectivity index (χ0n) is 33.1. The van der Waals surface area contributed by atoms with Gasteiger partial charge in [-0.25, -0.2) is 0 Å². The standard InChI is InChI=1S/C41H53NO15/c1-17-24(43)11-12-28(52-17)56-39-19(3)54-30(15-26(39)45)57-38-18(2)53-29(14-23(38)42(5)6)55-27-16-41(4,50)34(40(49)51-7)21-13-22-33(37(48)32(21)27)36(47)31-20(35(22)46)9-8-10-25(31)44/h8-10,13,17-19,23-24,26-30,34,38-39,43-45,48,50H,11-12,14-16H2,1-7H3/t17-,18-,19-,23-,24-,26-,27-,28-,29+,30+,34-,38-,39+,41+/m1/s1. The van der Waals surface area contributed by atoms with Crippen molar-refractivity contribution in [3.63, 3.8) is 0 Å². The molecule has 16 heteroatoms. The minimum Gasteiger partial charge on any atom is -0.507 e. The third-order valence-electron chi connectivity index (χ3n) is 12.1. The largest absolute Gasteiger partial charge is 0.507 e. The van der Waals surface area contributed by atoms with Gasteiger partial charge in [-0.1, -0.05) is 12.1 Å². The number of aromatic hydroxyl groups is 2. The fourth-order valence-electron chi connectivity index (χ4n) is 9.16. The summed E-state index contributed by atoms with van der Waals surface area (Å²) in [7, 11) is 4.91.